The van der Waals surface area contributed by atoms with Crippen LogP contribution in [0.2, 0.25) is 0 Å². The Balaban J connectivity index is 1.35. The van der Waals surface area contributed by atoms with Crippen LogP contribution in [0.3, 0.4) is 0 Å². The van der Waals surface area contributed by atoms with Gasteiger partial charge in [0.05, 0.1) is 11.2 Å². The summed E-state index contributed by atoms with van der Waals surface area (Å²) in [6.07, 6.45) is 1.88. The van der Waals surface area contributed by atoms with Gasteiger partial charge in [-0.2, -0.15) is 0 Å². The van der Waals surface area contributed by atoms with Crippen LogP contribution in [-0.2, 0) is 13.0 Å². The molecule has 2 atom stereocenters. The molecule has 0 saturated heterocycles. The third-order valence-electron chi connectivity index (χ3n) is 6.17. The van der Waals surface area contributed by atoms with E-state index in [0.29, 0.717) is 18.4 Å². The molecule has 4 nitrogen and oxygen atoms in total. The molecular formula is C27H25FN2O2. The number of hydrogen-bond acceptors (Lipinski definition) is 4. The van der Waals surface area contributed by atoms with E-state index in [1.54, 1.807) is 12.1 Å². The molecule has 5 rings (SSSR count). The van der Waals surface area contributed by atoms with Crippen LogP contribution in [0.25, 0.3) is 22.2 Å². The number of rotatable bonds is 8. The number of nitrogens with zero attached hydrogens (tertiary/aromatic N) is 1. The summed E-state index contributed by atoms with van der Waals surface area (Å²) in [5.74, 6) is 0.875. The van der Waals surface area contributed by atoms with Crippen molar-refractivity contribution in [2.75, 3.05) is 6.54 Å². The number of aromatic nitrogens is 1. The maximum absolute atomic E-state index is 14.7. The molecule has 1 aliphatic rings. The van der Waals surface area contributed by atoms with Gasteiger partial charge < -0.3 is 9.94 Å². The quantitative estimate of drug-likeness (QED) is 0.350. The maximum Gasteiger partial charge on any atom is 0.165 e. The van der Waals surface area contributed by atoms with E-state index in [9.17, 15) is 4.39 Å². The van der Waals surface area contributed by atoms with Crippen LogP contribution in [0.4, 0.5) is 4.39 Å². The van der Waals surface area contributed by atoms with E-state index >= 15 is 0 Å². The van der Waals surface area contributed by atoms with Gasteiger partial charge >= 0.3 is 0 Å². The molecule has 0 radical (unpaired) electrons. The Hall–Kier alpha value is -3.28. The Morgan fingerprint density at radius 1 is 0.969 bits per heavy atom. The lowest BCUT2D eigenvalue weighted by atomic mass is 10.0. The van der Waals surface area contributed by atoms with Gasteiger partial charge in [0.15, 0.2) is 11.6 Å². The third kappa shape index (κ3) is 4.49. The van der Waals surface area contributed by atoms with Crippen LogP contribution in [-0.4, -0.2) is 16.7 Å². The fraction of sp³-hybridized carbons (Fsp3) is 0.222. The van der Waals surface area contributed by atoms with Gasteiger partial charge in [-0.1, -0.05) is 54.6 Å². The molecule has 2 N–H and O–H groups in total. The average Bonchev–Trinajstić information content (AvgIpc) is 3.56. The van der Waals surface area contributed by atoms with Crippen molar-refractivity contribution in [1.29, 1.82) is 0 Å². The number of fused-ring (bicyclic) bond motifs is 1. The lowest BCUT2D eigenvalue weighted by molar-refractivity contribution is 0.160. The molecular weight excluding hydrogens is 403 g/mol. The van der Waals surface area contributed by atoms with Crippen molar-refractivity contribution in [3.63, 3.8) is 0 Å². The first-order valence-electron chi connectivity index (χ1n) is 10.9. The van der Waals surface area contributed by atoms with Gasteiger partial charge in [-0.15, -0.1) is 0 Å². The zero-order chi connectivity index (χ0) is 21.9. The number of halogens is 1. The molecule has 1 heterocycles. The number of ether oxygens (including phenoxy) is 1. The first kappa shape index (κ1) is 20.6. The summed E-state index contributed by atoms with van der Waals surface area (Å²) in [5.41, 5.74) is 6.94. The van der Waals surface area contributed by atoms with Crippen LogP contribution < -0.4 is 10.2 Å². The van der Waals surface area contributed by atoms with E-state index < -0.39 is 0 Å². The predicted molar refractivity (Wildman–Crippen MR) is 123 cm³/mol. The molecule has 0 amide bonds. The molecule has 4 aromatic rings. The first-order valence-corrected chi connectivity index (χ1v) is 10.9. The normalized spacial score (nSPS) is 17.4. The molecule has 162 valence electrons. The van der Waals surface area contributed by atoms with Crippen molar-refractivity contribution in [3.8, 4) is 17.0 Å². The molecule has 1 fully saturated rings. The molecule has 1 saturated carbocycles. The maximum atomic E-state index is 14.7. The molecule has 0 aliphatic heterocycles. The summed E-state index contributed by atoms with van der Waals surface area (Å²) >= 11 is 0. The SMILES string of the molecule is ONCC1CC1Cc1ccc(OCc2cc(-c3ccccc3)nc3ccccc23)c(F)c1. The monoisotopic (exact) mass is 428 g/mol. The number of hydrogen-bond donors (Lipinski definition) is 2. The second-order valence-electron chi connectivity index (χ2n) is 8.43. The minimum absolute atomic E-state index is 0.250. The van der Waals surface area contributed by atoms with E-state index in [2.05, 4.69) is 5.48 Å². The average molecular weight is 429 g/mol. The Labute approximate surface area is 186 Å². The largest absolute Gasteiger partial charge is 0.486 e. The number of benzene rings is 3. The number of hydroxylamine groups is 1. The lowest BCUT2D eigenvalue weighted by Crippen LogP contribution is -2.11. The lowest BCUT2D eigenvalue weighted by Gasteiger charge is -2.12. The molecule has 2 unspecified atom stereocenters. The van der Waals surface area contributed by atoms with Crippen molar-refractivity contribution in [2.24, 2.45) is 11.8 Å². The highest BCUT2D eigenvalue weighted by atomic mass is 19.1. The van der Waals surface area contributed by atoms with E-state index in [1.165, 1.54) is 0 Å². The summed E-state index contributed by atoms with van der Waals surface area (Å²) < 4.78 is 20.6. The number of para-hydroxylation sites is 1. The summed E-state index contributed by atoms with van der Waals surface area (Å²) in [5, 5.41) is 9.81. The summed E-state index contributed by atoms with van der Waals surface area (Å²) in [4.78, 5) is 4.79. The third-order valence-corrected chi connectivity index (χ3v) is 6.17. The molecule has 0 bridgehead atoms. The van der Waals surface area contributed by atoms with Gasteiger partial charge in [0.2, 0.25) is 0 Å². The highest BCUT2D eigenvalue weighted by molar-refractivity contribution is 5.85. The van der Waals surface area contributed by atoms with Gasteiger partial charge in [-0.05, 0) is 54.5 Å². The molecule has 1 aromatic heterocycles. The molecule has 32 heavy (non-hydrogen) atoms. The first-order chi connectivity index (χ1) is 15.7. The van der Waals surface area contributed by atoms with Crippen molar-refractivity contribution in [1.82, 2.24) is 10.5 Å². The smallest absolute Gasteiger partial charge is 0.165 e. The van der Waals surface area contributed by atoms with Crippen LogP contribution in [0.1, 0.15) is 17.5 Å². The molecule has 5 heteroatoms. The Kier molecular flexibility index (Phi) is 5.84. The van der Waals surface area contributed by atoms with Crippen LogP contribution in [0, 0.1) is 17.7 Å². The second-order valence-corrected chi connectivity index (χ2v) is 8.43. The van der Waals surface area contributed by atoms with E-state index in [0.717, 1.165) is 46.1 Å². The van der Waals surface area contributed by atoms with Crippen molar-refractivity contribution >= 4 is 10.9 Å². The standard InChI is InChI=1S/C27H25FN2O2/c28-24-13-18(12-20-14-21(20)16-29-31)10-11-27(24)32-17-22-15-26(19-6-2-1-3-7-19)30-25-9-5-4-8-23(22)25/h1-11,13,15,20-21,29,31H,12,14,16-17H2. The summed E-state index contributed by atoms with van der Waals surface area (Å²) in [7, 11) is 0. The minimum atomic E-state index is -0.346. The van der Waals surface area contributed by atoms with Gasteiger partial charge in [0.25, 0.3) is 0 Å². The van der Waals surface area contributed by atoms with Gasteiger partial charge in [-0.3, -0.25) is 0 Å². The molecule has 3 aromatic carbocycles. The van der Waals surface area contributed by atoms with Crippen LogP contribution in [0.15, 0.2) is 78.9 Å². The van der Waals surface area contributed by atoms with Crippen molar-refractivity contribution in [3.05, 3.63) is 95.8 Å². The predicted octanol–water partition coefficient (Wildman–Crippen LogP) is 5.78. The van der Waals surface area contributed by atoms with E-state index in [4.69, 9.17) is 14.9 Å². The Bertz CT molecular complexity index is 1230. The summed E-state index contributed by atoms with van der Waals surface area (Å²) in [6.45, 7) is 0.852. The molecule has 1 aliphatic carbocycles. The number of nitrogens with one attached hydrogen (secondary N) is 1. The van der Waals surface area contributed by atoms with Crippen LogP contribution >= 0.6 is 0 Å². The van der Waals surface area contributed by atoms with Crippen molar-refractivity contribution in [2.45, 2.75) is 19.4 Å². The number of pyridine rings is 1. The van der Waals surface area contributed by atoms with Crippen LogP contribution in [0.5, 0.6) is 5.75 Å². The highest BCUT2D eigenvalue weighted by Crippen LogP contribution is 2.40. The highest BCUT2D eigenvalue weighted by Gasteiger charge is 2.36. The minimum Gasteiger partial charge on any atom is -0.486 e. The van der Waals surface area contributed by atoms with Gasteiger partial charge in [0, 0.05) is 23.1 Å². The zero-order valence-electron chi connectivity index (χ0n) is 17.7. The fourth-order valence-electron chi connectivity index (χ4n) is 4.30. The van der Waals surface area contributed by atoms with Crippen molar-refractivity contribution < 1.29 is 14.3 Å². The second kappa shape index (κ2) is 9.07. The van der Waals surface area contributed by atoms with Gasteiger partial charge in [0.1, 0.15) is 6.61 Å². The van der Waals surface area contributed by atoms with Gasteiger partial charge in [-0.25, -0.2) is 14.9 Å². The Morgan fingerprint density at radius 2 is 1.78 bits per heavy atom. The molecule has 0 spiro atoms. The Morgan fingerprint density at radius 3 is 2.59 bits per heavy atom. The fourth-order valence-corrected chi connectivity index (χ4v) is 4.30. The van der Waals surface area contributed by atoms with E-state index in [1.807, 2.05) is 66.7 Å². The summed E-state index contributed by atoms with van der Waals surface area (Å²) in [6, 6.07) is 25.2. The zero-order valence-corrected chi connectivity index (χ0v) is 17.7. The topological polar surface area (TPSA) is 54.4 Å². The van der Waals surface area contributed by atoms with E-state index in [-0.39, 0.29) is 18.2 Å².